The van der Waals surface area contributed by atoms with Gasteiger partial charge in [-0.2, -0.15) is 0 Å². The summed E-state index contributed by atoms with van der Waals surface area (Å²) in [7, 11) is 1.60. The fourth-order valence-electron chi connectivity index (χ4n) is 2.68. The van der Waals surface area contributed by atoms with Gasteiger partial charge in [-0.1, -0.05) is 42.5 Å². The summed E-state index contributed by atoms with van der Waals surface area (Å²) in [5.41, 5.74) is 4.11. The second-order valence-electron chi connectivity index (χ2n) is 5.61. The highest BCUT2D eigenvalue weighted by molar-refractivity contribution is 5.93. The normalized spacial score (nSPS) is 13.7. The number of carbonyl (C=O) groups excluding carboxylic acids is 1. The molecule has 1 aliphatic heterocycles. The molecule has 2 aromatic carbocycles. The van der Waals surface area contributed by atoms with Gasteiger partial charge < -0.3 is 15.0 Å². The van der Waals surface area contributed by atoms with Gasteiger partial charge in [-0.25, -0.2) is 4.79 Å². The minimum Gasteiger partial charge on any atom is -0.495 e. The Morgan fingerprint density at radius 1 is 1.17 bits per heavy atom. The third-order valence-corrected chi connectivity index (χ3v) is 3.95. The number of carbonyl (C=O) groups is 1. The van der Waals surface area contributed by atoms with E-state index in [0.717, 1.165) is 11.1 Å². The molecule has 4 heteroatoms. The van der Waals surface area contributed by atoms with Gasteiger partial charge in [0.1, 0.15) is 5.75 Å². The minimum absolute atomic E-state index is 0.115. The van der Waals surface area contributed by atoms with E-state index in [1.165, 1.54) is 5.57 Å². The number of nitrogens with one attached hydrogen (secondary N) is 1. The first-order chi connectivity index (χ1) is 11.2. The molecule has 0 spiro atoms. The maximum atomic E-state index is 12.5. The molecule has 2 amide bonds. The Hall–Kier alpha value is -2.75. The summed E-state index contributed by atoms with van der Waals surface area (Å²) in [5.74, 6) is 0.666. The van der Waals surface area contributed by atoms with E-state index in [-0.39, 0.29) is 6.03 Å². The Morgan fingerprint density at radius 2 is 1.96 bits per heavy atom. The van der Waals surface area contributed by atoms with Crippen LogP contribution in [-0.4, -0.2) is 31.1 Å². The van der Waals surface area contributed by atoms with Crippen LogP contribution in [0.3, 0.4) is 0 Å². The molecular formula is C19H20N2O2. The van der Waals surface area contributed by atoms with Crippen LogP contribution in [-0.2, 0) is 0 Å². The van der Waals surface area contributed by atoms with Crippen LogP contribution < -0.4 is 10.1 Å². The van der Waals surface area contributed by atoms with Crippen LogP contribution in [0.1, 0.15) is 11.1 Å². The molecule has 0 aliphatic carbocycles. The number of methoxy groups -OCH3 is 1. The van der Waals surface area contributed by atoms with Gasteiger partial charge in [0, 0.05) is 13.1 Å². The number of nitrogens with zero attached hydrogens (tertiary/aromatic N) is 1. The van der Waals surface area contributed by atoms with Crippen molar-refractivity contribution in [1.29, 1.82) is 0 Å². The third kappa shape index (κ3) is 3.37. The fourth-order valence-corrected chi connectivity index (χ4v) is 2.68. The molecule has 0 aromatic heterocycles. The number of anilines is 1. The lowest BCUT2D eigenvalue weighted by molar-refractivity contribution is 0.224. The number of hydrogen-bond acceptors (Lipinski definition) is 2. The SMILES string of the molecule is COc1ccc(C)cc1NC(=O)N1CC=C(c2ccccc2)C1. The smallest absolute Gasteiger partial charge is 0.322 e. The van der Waals surface area contributed by atoms with Crippen molar-refractivity contribution >= 4 is 17.3 Å². The quantitative estimate of drug-likeness (QED) is 0.933. The first-order valence-electron chi connectivity index (χ1n) is 7.62. The lowest BCUT2D eigenvalue weighted by Crippen LogP contribution is -2.33. The van der Waals surface area contributed by atoms with Gasteiger partial charge >= 0.3 is 6.03 Å². The molecule has 0 unspecified atom stereocenters. The zero-order valence-corrected chi connectivity index (χ0v) is 13.4. The average molecular weight is 308 g/mol. The summed E-state index contributed by atoms with van der Waals surface area (Å²) in [5, 5.41) is 2.94. The number of benzene rings is 2. The molecule has 4 nitrogen and oxygen atoms in total. The number of aryl methyl sites for hydroxylation is 1. The topological polar surface area (TPSA) is 41.6 Å². The molecule has 0 fully saturated rings. The molecule has 0 radical (unpaired) electrons. The largest absolute Gasteiger partial charge is 0.495 e. The summed E-state index contributed by atoms with van der Waals surface area (Å²) >= 11 is 0. The lowest BCUT2D eigenvalue weighted by Gasteiger charge is -2.19. The van der Waals surface area contributed by atoms with Crippen LogP contribution in [0.2, 0.25) is 0 Å². The van der Waals surface area contributed by atoms with Gasteiger partial charge in [-0.3, -0.25) is 0 Å². The highest BCUT2D eigenvalue weighted by Crippen LogP contribution is 2.27. The summed E-state index contributed by atoms with van der Waals surface area (Å²) in [6.07, 6.45) is 2.10. The molecular weight excluding hydrogens is 288 g/mol. The van der Waals surface area contributed by atoms with Crippen molar-refractivity contribution in [3.05, 3.63) is 65.7 Å². The zero-order chi connectivity index (χ0) is 16.2. The van der Waals surface area contributed by atoms with Crippen LogP contribution in [0, 0.1) is 6.92 Å². The van der Waals surface area contributed by atoms with E-state index in [1.807, 2.05) is 43.3 Å². The van der Waals surface area contributed by atoms with E-state index < -0.39 is 0 Å². The van der Waals surface area contributed by atoms with Crippen molar-refractivity contribution in [3.63, 3.8) is 0 Å². The van der Waals surface area contributed by atoms with E-state index in [1.54, 1.807) is 12.0 Å². The number of urea groups is 1. The first-order valence-corrected chi connectivity index (χ1v) is 7.62. The van der Waals surface area contributed by atoms with Crippen molar-refractivity contribution in [2.24, 2.45) is 0 Å². The van der Waals surface area contributed by atoms with Gasteiger partial charge in [0.2, 0.25) is 0 Å². The molecule has 1 heterocycles. The van der Waals surface area contributed by atoms with Crippen LogP contribution in [0.4, 0.5) is 10.5 Å². The van der Waals surface area contributed by atoms with E-state index in [9.17, 15) is 4.79 Å². The number of amides is 2. The molecule has 23 heavy (non-hydrogen) atoms. The Morgan fingerprint density at radius 3 is 2.70 bits per heavy atom. The lowest BCUT2D eigenvalue weighted by atomic mass is 10.1. The van der Waals surface area contributed by atoms with Gasteiger partial charge in [0.05, 0.1) is 12.8 Å². The third-order valence-electron chi connectivity index (χ3n) is 3.95. The molecule has 1 N–H and O–H groups in total. The molecule has 0 bridgehead atoms. The molecule has 0 atom stereocenters. The summed E-state index contributed by atoms with van der Waals surface area (Å²) in [6.45, 7) is 3.22. The van der Waals surface area contributed by atoms with Crippen molar-refractivity contribution in [3.8, 4) is 5.75 Å². The standard InChI is InChI=1S/C19H20N2O2/c1-14-8-9-18(23-2)17(12-14)20-19(22)21-11-10-16(13-21)15-6-4-3-5-7-15/h3-10,12H,11,13H2,1-2H3,(H,20,22). The van der Waals surface area contributed by atoms with E-state index in [2.05, 4.69) is 23.5 Å². The van der Waals surface area contributed by atoms with Gasteiger partial charge in [0.25, 0.3) is 0 Å². The van der Waals surface area contributed by atoms with Crippen LogP contribution >= 0.6 is 0 Å². The maximum absolute atomic E-state index is 12.5. The molecule has 3 rings (SSSR count). The Balaban J connectivity index is 1.68. The van der Waals surface area contributed by atoms with Gasteiger partial charge in [-0.15, -0.1) is 0 Å². The van der Waals surface area contributed by atoms with Crippen molar-refractivity contribution in [2.75, 3.05) is 25.5 Å². The van der Waals surface area contributed by atoms with Gasteiger partial charge in [0.15, 0.2) is 0 Å². The second-order valence-corrected chi connectivity index (χ2v) is 5.61. The predicted molar refractivity (Wildman–Crippen MR) is 92.7 cm³/mol. The van der Waals surface area contributed by atoms with Crippen molar-refractivity contribution in [1.82, 2.24) is 4.90 Å². The molecule has 0 saturated heterocycles. The van der Waals surface area contributed by atoms with E-state index in [4.69, 9.17) is 4.74 Å². The molecule has 2 aromatic rings. The molecule has 118 valence electrons. The summed E-state index contributed by atoms with van der Waals surface area (Å²) in [4.78, 5) is 14.3. The first kappa shape index (κ1) is 15.2. The maximum Gasteiger partial charge on any atom is 0.322 e. The average Bonchev–Trinajstić information content (AvgIpc) is 3.06. The highest BCUT2D eigenvalue weighted by Gasteiger charge is 2.21. The van der Waals surface area contributed by atoms with E-state index in [0.29, 0.717) is 24.5 Å². The molecule has 1 aliphatic rings. The number of ether oxygens (including phenoxy) is 1. The van der Waals surface area contributed by atoms with Crippen LogP contribution in [0.25, 0.3) is 5.57 Å². The molecule has 0 saturated carbocycles. The Bertz CT molecular complexity index is 738. The Kier molecular flexibility index (Phi) is 4.33. The summed E-state index contributed by atoms with van der Waals surface area (Å²) in [6, 6.07) is 15.8. The van der Waals surface area contributed by atoms with Crippen molar-refractivity contribution in [2.45, 2.75) is 6.92 Å². The number of rotatable bonds is 3. The highest BCUT2D eigenvalue weighted by atomic mass is 16.5. The Labute approximate surface area is 136 Å². The zero-order valence-electron chi connectivity index (χ0n) is 13.4. The number of hydrogen-bond donors (Lipinski definition) is 1. The van der Waals surface area contributed by atoms with Crippen molar-refractivity contribution < 1.29 is 9.53 Å². The second kappa shape index (κ2) is 6.57. The van der Waals surface area contributed by atoms with Crippen LogP contribution in [0.15, 0.2) is 54.6 Å². The van der Waals surface area contributed by atoms with Gasteiger partial charge in [-0.05, 0) is 35.8 Å². The minimum atomic E-state index is -0.115. The predicted octanol–water partition coefficient (Wildman–Crippen LogP) is 3.93. The van der Waals surface area contributed by atoms with Crippen LogP contribution in [0.5, 0.6) is 5.75 Å². The summed E-state index contributed by atoms with van der Waals surface area (Å²) < 4.78 is 5.31. The fraction of sp³-hybridized carbons (Fsp3) is 0.211. The van der Waals surface area contributed by atoms with E-state index >= 15 is 0 Å². The monoisotopic (exact) mass is 308 g/mol.